The Morgan fingerprint density at radius 2 is 2.04 bits per heavy atom. The molecule has 0 spiro atoms. The predicted molar refractivity (Wildman–Crippen MR) is 89.8 cm³/mol. The summed E-state index contributed by atoms with van der Waals surface area (Å²) in [5, 5.41) is 8.69. The van der Waals surface area contributed by atoms with Crippen molar-refractivity contribution in [2.45, 2.75) is 18.9 Å². The van der Waals surface area contributed by atoms with Crippen molar-refractivity contribution in [3.05, 3.63) is 66.2 Å². The standard InChI is InChI=1S/C18H19N5O/c1-21-13-14(12-19-21)17-8-5-10-22(17)18(24)16-9-11-23(20-16)15-6-3-2-4-7-15/h2-4,6-7,9,11-13,17H,5,8,10H2,1H3/t17-/m1/s1. The highest BCUT2D eigenvalue weighted by atomic mass is 16.2. The molecule has 2 aromatic heterocycles. The maximum Gasteiger partial charge on any atom is 0.274 e. The van der Waals surface area contributed by atoms with Gasteiger partial charge in [-0.1, -0.05) is 18.2 Å². The Morgan fingerprint density at radius 3 is 2.79 bits per heavy atom. The fraction of sp³-hybridized carbons (Fsp3) is 0.278. The molecular formula is C18H19N5O. The van der Waals surface area contributed by atoms with Crippen molar-refractivity contribution in [3.63, 3.8) is 0 Å². The van der Waals surface area contributed by atoms with Gasteiger partial charge in [-0.05, 0) is 31.0 Å². The van der Waals surface area contributed by atoms with Crippen LogP contribution in [0.1, 0.15) is 34.9 Å². The number of para-hydroxylation sites is 1. The predicted octanol–water partition coefficient (Wildman–Crippen LogP) is 2.58. The monoisotopic (exact) mass is 321 g/mol. The van der Waals surface area contributed by atoms with Gasteiger partial charge in [0.2, 0.25) is 0 Å². The normalized spacial score (nSPS) is 17.4. The Labute approximate surface area is 140 Å². The van der Waals surface area contributed by atoms with E-state index in [4.69, 9.17) is 0 Å². The lowest BCUT2D eigenvalue weighted by Crippen LogP contribution is -2.30. The maximum atomic E-state index is 12.9. The molecule has 1 fully saturated rings. The van der Waals surface area contributed by atoms with Gasteiger partial charge in [0, 0.05) is 31.5 Å². The molecule has 0 radical (unpaired) electrons. The van der Waals surface area contributed by atoms with Crippen molar-refractivity contribution in [3.8, 4) is 5.69 Å². The van der Waals surface area contributed by atoms with Crippen molar-refractivity contribution in [2.24, 2.45) is 7.05 Å². The Morgan fingerprint density at radius 1 is 1.21 bits per heavy atom. The first-order valence-electron chi connectivity index (χ1n) is 8.13. The minimum atomic E-state index is -0.0176. The minimum Gasteiger partial charge on any atom is -0.330 e. The summed E-state index contributed by atoms with van der Waals surface area (Å²) in [6, 6.07) is 11.7. The second-order valence-electron chi connectivity index (χ2n) is 6.09. The van der Waals surface area contributed by atoms with Gasteiger partial charge < -0.3 is 4.90 Å². The van der Waals surface area contributed by atoms with Crippen molar-refractivity contribution in [1.29, 1.82) is 0 Å². The number of amides is 1. The summed E-state index contributed by atoms with van der Waals surface area (Å²) < 4.78 is 3.52. The summed E-state index contributed by atoms with van der Waals surface area (Å²) in [6.45, 7) is 0.761. The molecule has 3 heterocycles. The summed E-state index contributed by atoms with van der Waals surface area (Å²) in [5.74, 6) is -0.0176. The van der Waals surface area contributed by atoms with E-state index in [0.717, 1.165) is 30.6 Å². The van der Waals surface area contributed by atoms with Gasteiger partial charge in [-0.15, -0.1) is 0 Å². The Kier molecular flexibility index (Phi) is 3.65. The molecule has 1 aliphatic rings. The van der Waals surface area contributed by atoms with Crippen LogP contribution in [-0.2, 0) is 7.05 Å². The van der Waals surface area contributed by atoms with Crippen LogP contribution in [0.25, 0.3) is 5.69 Å². The number of likely N-dealkylation sites (tertiary alicyclic amines) is 1. The zero-order valence-electron chi connectivity index (χ0n) is 13.5. The third-order valence-corrected chi connectivity index (χ3v) is 4.45. The fourth-order valence-electron chi connectivity index (χ4n) is 3.28. The molecule has 0 unspecified atom stereocenters. The molecule has 0 saturated carbocycles. The molecule has 122 valence electrons. The van der Waals surface area contributed by atoms with Gasteiger partial charge in [0.25, 0.3) is 5.91 Å². The van der Waals surface area contributed by atoms with Gasteiger partial charge in [-0.25, -0.2) is 4.68 Å². The molecule has 1 saturated heterocycles. The van der Waals surface area contributed by atoms with Gasteiger partial charge in [-0.3, -0.25) is 9.48 Å². The van der Waals surface area contributed by atoms with Crippen LogP contribution >= 0.6 is 0 Å². The molecule has 1 amide bonds. The molecule has 24 heavy (non-hydrogen) atoms. The van der Waals surface area contributed by atoms with Gasteiger partial charge >= 0.3 is 0 Å². The SMILES string of the molecule is Cn1cc([C@H]2CCCN2C(=O)c2ccn(-c3ccccc3)n2)cn1. The molecule has 0 bridgehead atoms. The van der Waals surface area contributed by atoms with Crippen LogP contribution in [0.15, 0.2) is 55.0 Å². The van der Waals surface area contributed by atoms with Gasteiger partial charge in [-0.2, -0.15) is 10.2 Å². The van der Waals surface area contributed by atoms with Crippen molar-refractivity contribution >= 4 is 5.91 Å². The molecule has 0 N–H and O–H groups in total. The molecule has 1 aliphatic heterocycles. The number of nitrogens with zero attached hydrogens (tertiary/aromatic N) is 5. The second-order valence-corrected chi connectivity index (χ2v) is 6.09. The molecule has 6 heteroatoms. The second kappa shape index (κ2) is 5.96. The minimum absolute atomic E-state index is 0.0176. The molecule has 1 aromatic carbocycles. The summed E-state index contributed by atoms with van der Waals surface area (Å²) in [5.41, 5.74) is 2.52. The number of hydrogen-bond donors (Lipinski definition) is 0. The first-order chi connectivity index (χ1) is 11.7. The average Bonchev–Trinajstić information content (AvgIpc) is 3.35. The molecule has 4 rings (SSSR count). The first kappa shape index (κ1) is 14.7. The molecule has 3 aromatic rings. The quantitative estimate of drug-likeness (QED) is 0.745. The summed E-state index contributed by atoms with van der Waals surface area (Å²) in [7, 11) is 1.89. The lowest BCUT2D eigenvalue weighted by Gasteiger charge is -2.22. The smallest absolute Gasteiger partial charge is 0.274 e. The lowest BCUT2D eigenvalue weighted by molar-refractivity contribution is 0.0729. The van der Waals surface area contributed by atoms with Crippen molar-refractivity contribution in [2.75, 3.05) is 6.54 Å². The van der Waals surface area contributed by atoms with E-state index in [2.05, 4.69) is 10.2 Å². The first-order valence-corrected chi connectivity index (χ1v) is 8.13. The zero-order valence-corrected chi connectivity index (χ0v) is 13.5. The van der Waals surface area contributed by atoms with Crippen molar-refractivity contribution < 1.29 is 4.79 Å². The number of benzene rings is 1. The van der Waals surface area contributed by atoms with Gasteiger partial charge in [0.1, 0.15) is 0 Å². The number of carbonyl (C=O) groups is 1. The summed E-state index contributed by atoms with van der Waals surface area (Å²) in [6.07, 6.45) is 7.64. The average molecular weight is 321 g/mol. The number of hydrogen-bond acceptors (Lipinski definition) is 3. The van der Waals surface area contributed by atoms with Gasteiger partial charge in [0.15, 0.2) is 5.69 Å². The highest BCUT2D eigenvalue weighted by Gasteiger charge is 2.32. The van der Waals surface area contributed by atoms with E-state index < -0.39 is 0 Å². The number of aromatic nitrogens is 4. The summed E-state index contributed by atoms with van der Waals surface area (Å²) >= 11 is 0. The van der Waals surface area contributed by atoms with Crippen LogP contribution in [-0.4, -0.2) is 36.9 Å². The lowest BCUT2D eigenvalue weighted by atomic mass is 10.1. The number of carbonyl (C=O) groups excluding carboxylic acids is 1. The van der Waals surface area contributed by atoms with E-state index in [1.807, 2.05) is 60.9 Å². The van der Waals surface area contributed by atoms with E-state index in [1.54, 1.807) is 15.4 Å². The fourth-order valence-corrected chi connectivity index (χ4v) is 3.28. The van der Waals surface area contributed by atoms with Gasteiger partial charge in [0.05, 0.1) is 17.9 Å². The van der Waals surface area contributed by atoms with Crippen molar-refractivity contribution in [1.82, 2.24) is 24.5 Å². The topological polar surface area (TPSA) is 56.0 Å². The van der Waals surface area contributed by atoms with E-state index in [0.29, 0.717) is 5.69 Å². The number of aryl methyl sites for hydroxylation is 1. The maximum absolute atomic E-state index is 12.9. The molecular weight excluding hydrogens is 302 g/mol. The Bertz CT molecular complexity index is 851. The van der Waals surface area contributed by atoms with Crippen LogP contribution in [0.4, 0.5) is 0 Å². The largest absolute Gasteiger partial charge is 0.330 e. The molecule has 1 atom stereocenters. The van der Waals surface area contributed by atoms with E-state index >= 15 is 0 Å². The molecule has 0 aliphatic carbocycles. The Balaban J connectivity index is 1.58. The van der Waals surface area contributed by atoms with Crippen LogP contribution < -0.4 is 0 Å². The van der Waals surface area contributed by atoms with Crippen LogP contribution in [0.3, 0.4) is 0 Å². The zero-order chi connectivity index (χ0) is 16.5. The van der Waals surface area contributed by atoms with Crippen LogP contribution in [0.5, 0.6) is 0 Å². The summed E-state index contributed by atoms with van der Waals surface area (Å²) in [4.78, 5) is 14.8. The van der Waals surface area contributed by atoms with E-state index in [-0.39, 0.29) is 11.9 Å². The third kappa shape index (κ3) is 2.60. The Hall–Kier alpha value is -2.89. The van der Waals surface area contributed by atoms with E-state index in [1.165, 1.54) is 0 Å². The highest BCUT2D eigenvalue weighted by Crippen LogP contribution is 2.32. The number of rotatable bonds is 3. The van der Waals surface area contributed by atoms with Crippen LogP contribution in [0.2, 0.25) is 0 Å². The molecule has 6 nitrogen and oxygen atoms in total. The van der Waals surface area contributed by atoms with E-state index in [9.17, 15) is 4.79 Å². The van der Waals surface area contributed by atoms with Crippen LogP contribution in [0, 0.1) is 0 Å². The highest BCUT2D eigenvalue weighted by molar-refractivity contribution is 5.92. The third-order valence-electron chi connectivity index (χ3n) is 4.45.